The summed E-state index contributed by atoms with van der Waals surface area (Å²) in [6.07, 6.45) is 0. The minimum Gasteiger partial charge on any atom is -0.402 e. The van der Waals surface area contributed by atoms with E-state index in [-0.39, 0.29) is 17.1 Å². The van der Waals surface area contributed by atoms with Crippen molar-refractivity contribution in [2.75, 3.05) is 0 Å². The van der Waals surface area contributed by atoms with Crippen molar-refractivity contribution in [3.63, 3.8) is 0 Å². The number of nitrogens with zero attached hydrogens (tertiary/aromatic N) is 3. The zero-order valence-electron chi connectivity index (χ0n) is 13.2. The van der Waals surface area contributed by atoms with Gasteiger partial charge in [0, 0.05) is 23.8 Å². The highest BCUT2D eigenvalue weighted by Gasteiger charge is 2.14. The molecule has 0 N–H and O–H groups in total. The molecule has 25 heavy (non-hydrogen) atoms. The van der Waals surface area contributed by atoms with Gasteiger partial charge >= 0.3 is 5.97 Å². The number of non-ortho nitro benzene ring substituents is 1. The van der Waals surface area contributed by atoms with Crippen LogP contribution in [0.25, 0.3) is 11.3 Å². The van der Waals surface area contributed by atoms with Crippen LogP contribution in [-0.2, 0) is 0 Å². The predicted molar refractivity (Wildman–Crippen MR) is 90.3 cm³/mol. The summed E-state index contributed by atoms with van der Waals surface area (Å²) in [6.45, 7) is 1.99. The van der Waals surface area contributed by atoms with Crippen LogP contribution >= 0.6 is 0 Å². The molecule has 124 valence electrons. The summed E-state index contributed by atoms with van der Waals surface area (Å²) >= 11 is 0. The number of nitro benzene ring substituents is 1. The Hall–Kier alpha value is -3.61. The van der Waals surface area contributed by atoms with Crippen molar-refractivity contribution >= 4 is 11.7 Å². The topological polar surface area (TPSA) is 95.2 Å². The minimum absolute atomic E-state index is 0.0207. The molecule has 0 aliphatic rings. The SMILES string of the molecule is Cc1ccc(-c2ccc(OC(=O)c3cccc([N+](=O)[O-])c3)nn2)cc1. The van der Waals surface area contributed by atoms with E-state index in [0.717, 1.165) is 17.2 Å². The van der Waals surface area contributed by atoms with Gasteiger partial charge in [-0.15, -0.1) is 10.2 Å². The molecule has 0 bridgehead atoms. The fourth-order valence-electron chi connectivity index (χ4n) is 2.15. The van der Waals surface area contributed by atoms with E-state index in [1.807, 2.05) is 31.2 Å². The van der Waals surface area contributed by atoms with Crippen LogP contribution in [-0.4, -0.2) is 21.1 Å². The lowest BCUT2D eigenvalue weighted by molar-refractivity contribution is -0.384. The zero-order chi connectivity index (χ0) is 17.8. The van der Waals surface area contributed by atoms with Crippen LogP contribution in [0.3, 0.4) is 0 Å². The smallest absolute Gasteiger partial charge is 0.345 e. The Morgan fingerprint density at radius 1 is 1.04 bits per heavy atom. The number of aromatic nitrogens is 2. The van der Waals surface area contributed by atoms with Crippen LogP contribution in [0.2, 0.25) is 0 Å². The molecule has 3 aromatic rings. The Bertz CT molecular complexity index is 922. The largest absolute Gasteiger partial charge is 0.402 e. The van der Waals surface area contributed by atoms with Crippen molar-refractivity contribution in [3.05, 3.63) is 81.9 Å². The first-order valence-corrected chi connectivity index (χ1v) is 7.40. The van der Waals surface area contributed by atoms with Crippen LogP contribution in [0.1, 0.15) is 15.9 Å². The van der Waals surface area contributed by atoms with Gasteiger partial charge in [0.1, 0.15) is 0 Å². The molecule has 0 saturated carbocycles. The third kappa shape index (κ3) is 3.84. The van der Waals surface area contributed by atoms with E-state index in [2.05, 4.69) is 10.2 Å². The monoisotopic (exact) mass is 335 g/mol. The molecule has 7 nitrogen and oxygen atoms in total. The molecule has 0 unspecified atom stereocenters. The predicted octanol–water partition coefficient (Wildman–Crippen LogP) is 3.58. The molecule has 0 radical (unpaired) electrons. The van der Waals surface area contributed by atoms with Gasteiger partial charge in [-0.25, -0.2) is 4.79 Å². The number of hydrogen-bond acceptors (Lipinski definition) is 6. The molecule has 0 amide bonds. The van der Waals surface area contributed by atoms with Crippen molar-refractivity contribution in [2.24, 2.45) is 0 Å². The van der Waals surface area contributed by atoms with Crippen molar-refractivity contribution in [1.29, 1.82) is 0 Å². The van der Waals surface area contributed by atoms with Gasteiger partial charge in [-0.3, -0.25) is 10.1 Å². The van der Waals surface area contributed by atoms with E-state index >= 15 is 0 Å². The van der Waals surface area contributed by atoms with E-state index < -0.39 is 10.9 Å². The number of benzene rings is 2. The highest BCUT2D eigenvalue weighted by molar-refractivity contribution is 5.91. The van der Waals surface area contributed by atoms with Crippen LogP contribution in [0.15, 0.2) is 60.7 Å². The molecule has 2 aromatic carbocycles. The van der Waals surface area contributed by atoms with E-state index in [4.69, 9.17) is 4.74 Å². The van der Waals surface area contributed by atoms with Gasteiger partial charge in [-0.05, 0) is 19.1 Å². The van der Waals surface area contributed by atoms with Crippen LogP contribution < -0.4 is 4.74 Å². The molecule has 0 spiro atoms. The molecule has 3 rings (SSSR count). The van der Waals surface area contributed by atoms with E-state index in [9.17, 15) is 14.9 Å². The Labute approximate surface area is 143 Å². The van der Waals surface area contributed by atoms with E-state index in [0.29, 0.717) is 5.69 Å². The molecular weight excluding hydrogens is 322 g/mol. The highest BCUT2D eigenvalue weighted by atomic mass is 16.6. The average Bonchev–Trinajstić information content (AvgIpc) is 2.63. The fraction of sp³-hybridized carbons (Fsp3) is 0.0556. The second-order valence-corrected chi connectivity index (χ2v) is 5.32. The first-order chi connectivity index (χ1) is 12.0. The Morgan fingerprint density at radius 2 is 1.80 bits per heavy atom. The van der Waals surface area contributed by atoms with Crippen LogP contribution in [0.4, 0.5) is 5.69 Å². The quantitative estimate of drug-likeness (QED) is 0.411. The molecule has 7 heteroatoms. The summed E-state index contributed by atoms with van der Waals surface area (Å²) < 4.78 is 5.11. The molecule has 0 atom stereocenters. The number of hydrogen-bond donors (Lipinski definition) is 0. The maximum atomic E-state index is 12.1. The Kier molecular flexibility index (Phi) is 4.47. The Balaban J connectivity index is 1.75. The van der Waals surface area contributed by atoms with Gasteiger partial charge in [0.25, 0.3) is 5.69 Å². The highest BCUT2D eigenvalue weighted by Crippen LogP contribution is 2.19. The molecular formula is C18H13N3O4. The van der Waals surface area contributed by atoms with Crippen LogP contribution in [0.5, 0.6) is 5.88 Å². The van der Waals surface area contributed by atoms with Gasteiger partial charge in [0.15, 0.2) is 0 Å². The lowest BCUT2D eigenvalue weighted by Gasteiger charge is -2.04. The van der Waals surface area contributed by atoms with Crippen LogP contribution in [0, 0.1) is 17.0 Å². The first-order valence-electron chi connectivity index (χ1n) is 7.40. The van der Waals surface area contributed by atoms with E-state index in [1.165, 1.54) is 24.3 Å². The van der Waals surface area contributed by atoms with Crippen molar-refractivity contribution in [1.82, 2.24) is 10.2 Å². The maximum Gasteiger partial charge on any atom is 0.345 e. The fourth-order valence-corrected chi connectivity index (χ4v) is 2.15. The number of aryl methyl sites for hydroxylation is 1. The number of carbonyl (C=O) groups excluding carboxylic acids is 1. The maximum absolute atomic E-state index is 12.1. The summed E-state index contributed by atoms with van der Waals surface area (Å²) in [6, 6.07) is 16.3. The van der Waals surface area contributed by atoms with Gasteiger partial charge in [-0.2, -0.15) is 0 Å². The number of ether oxygens (including phenoxy) is 1. The van der Waals surface area contributed by atoms with Gasteiger partial charge in [-0.1, -0.05) is 35.9 Å². The van der Waals surface area contributed by atoms with Crippen molar-refractivity contribution in [2.45, 2.75) is 6.92 Å². The number of carbonyl (C=O) groups is 1. The molecule has 0 aliphatic carbocycles. The normalized spacial score (nSPS) is 10.3. The standard InChI is InChI=1S/C18H13N3O4/c1-12-5-7-13(8-6-12)16-9-10-17(20-19-16)25-18(22)14-3-2-4-15(11-14)21(23)24/h2-11H,1H3. The first kappa shape index (κ1) is 16.3. The summed E-state index contributed by atoms with van der Waals surface area (Å²) in [4.78, 5) is 22.3. The molecule has 0 fully saturated rings. The van der Waals surface area contributed by atoms with Gasteiger partial charge < -0.3 is 4.74 Å². The van der Waals surface area contributed by atoms with Crippen molar-refractivity contribution < 1.29 is 14.5 Å². The molecule has 1 heterocycles. The number of nitro groups is 1. The van der Waals surface area contributed by atoms with Gasteiger partial charge in [0.05, 0.1) is 16.2 Å². The van der Waals surface area contributed by atoms with Gasteiger partial charge in [0.2, 0.25) is 5.88 Å². The average molecular weight is 335 g/mol. The molecule has 1 aromatic heterocycles. The van der Waals surface area contributed by atoms with Crippen molar-refractivity contribution in [3.8, 4) is 17.1 Å². The number of rotatable bonds is 4. The second-order valence-electron chi connectivity index (χ2n) is 5.32. The third-order valence-electron chi connectivity index (χ3n) is 3.48. The summed E-state index contributed by atoms with van der Waals surface area (Å²) in [7, 11) is 0. The number of esters is 1. The summed E-state index contributed by atoms with van der Waals surface area (Å²) in [5, 5.41) is 18.7. The zero-order valence-corrected chi connectivity index (χ0v) is 13.2. The lowest BCUT2D eigenvalue weighted by Crippen LogP contribution is -2.10. The Morgan fingerprint density at radius 3 is 2.44 bits per heavy atom. The second kappa shape index (κ2) is 6.88. The summed E-state index contributed by atoms with van der Waals surface area (Å²) in [5.74, 6) is -0.714. The summed E-state index contributed by atoms with van der Waals surface area (Å²) in [5.41, 5.74) is 2.57. The molecule has 0 saturated heterocycles. The third-order valence-corrected chi connectivity index (χ3v) is 3.48. The van der Waals surface area contributed by atoms with E-state index in [1.54, 1.807) is 6.07 Å². The molecule has 0 aliphatic heterocycles. The minimum atomic E-state index is -0.735. The lowest BCUT2D eigenvalue weighted by atomic mass is 10.1.